The molecule has 2 N–H and O–H groups in total. The average Bonchev–Trinajstić information content (AvgIpc) is 2.46. The second kappa shape index (κ2) is 7.24. The Bertz CT molecular complexity index is 425. The van der Waals surface area contributed by atoms with Crippen LogP contribution >= 0.6 is 0 Å². The summed E-state index contributed by atoms with van der Waals surface area (Å²) in [6.45, 7) is 0.863. The van der Waals surface area contributed by atoms with Gasteiger partial charge in [0, 0.05) is 25.7 Å². The molecule has 1 aliphatic rings. The number of aliphatic hydroxyl groups is 1. The first-order chi connectivity index (χ1) is 9.98. The molecule has 0 spiro atoms. The Kier molecular flexibility index (Phi) is 5.61. The molecule has 2 rings (SSSR count). The Hall–Kier alpha value is -1.11. The van der Waals surface area contributed by atoms with Crippen LogP contribution in [0.15, 0.2) is 30.3 Å². The van der Waals surface area contributed by atoms with E-state index in [1.54, 1.807) is 0 Å². The monoisotopic (exact) mass is 302 g/mol. The van der Waals surface area contributed by atoms with Gasteiger partial charge < -0.3 is 10.4 Å². The second-order valence-corrected chi connectivity index (χ2v) is 5.52. The van der Waals surface area contributed by atoms with Crippen LogP contribution in [0.25, 0.3) is 0 Å². The van der Waals surface area contributed by atoms with Crippen LogP contribution in [0, 0.1) is 0 Å². The average molecular weight is 302 g/mol. The van der Waals surface area contributed by atoms with E-state index in [9.17, 15) is 13.2 Å². The van der Waals surface area contributed by atoms with Gasteiger partial charge in [-0.3, -0.25) is 4.90 Å². The van der Waals surface area contributed by atoms with Crippen molar-refractivity contribution >= 4 is 0 Å². The lowest BCUT2D eigenvalue weighted by Gasteiger charge is -2.38. The van der Waals surface area contributed by atoms with Crippen molar-refractivity contribution in [2.24, 2.45) is 0 Å². The molecule has 1 aromatic rings. The minimum absolute atomic E-state index is 0.0213. The van der Waals surface area contributed by atoms with Crippen LogP contribution in [-0.4, -0.2) is 55.0 Å². The molecule has 3 nitrogen and oxygen atoms in total. The smallest absolute Gasteiger partial charge is 0.395 e. The Morgan fingerprint density at radius 2 is 1.90 bits per heavy atom. The number of nitrogens with zero attached hydrogens (tertiary/aromatic N) is 1. The van der Waals surface area contributed by atoms with Gasteiger partial charge in [-0.05, 0) is 17.9 Å². The highest BCUT2D eigenvalue weighted by Crippen LogP contribution is 2.27. The van der Waals surface area contributed by atoms with Gasteiger partial charge in [0.2, 0.25) is 0 Å². The fourth-order valence-corrected chi connectivity index (χ4v) is 2.89. The number of rotatable bonds is 5. The molecule has 1 fully saturated rings. The lowest BCUT2D eigenvalue weighted by Crippen LogP contribution is -2.51. The zero-order valence-corrected chi connectivity index (χ0v) is 11.8. The summed E-state index contributed by atoms with van der Waals surface area (Å²) in [7, 11) is 0. The van der Waals surface area contributed by atoms with Crippen molar-refractivity contribution in [3.8, 4) is 0 Å². The van der Waals surface area contributed by atoms with Gasteiger partial charge in [-0.2, -0.15) is 13.2 Å². The van der Waals surface area contributed by atoms with Crippen molar-refractivity contribution in [2.45, 2.75) is 24.6 Å². The van der Waals surface area contributed by atoms with Crippen LogP contribution in [0.3, 0.4) is 0 Å². The number of hydrogen-bond acceptors (Lipinski definition) is 3. The van der Waals surface area contributed by atoms with E-state index in [4.69, 9.17) is 5.11 Å². The summed E-state index contributed by atoms with van der Waals surface area (Å²) in [5, 5.41) is 11.7. The Balaban J connectivity index is 2.01. The van der Waals surface area contributed by atoms with Crippen molar-refractivity contribution in [2.75, 3.05) is 32.8 Å². The highest BCUT2D eigenvalue weighted by Gasteiger charge is 2.32. The molecule has 1 aliphatic heterocycles. The number of β-amino-alcohol motifs (C(OH)–C–C–N with tert-alkyl or cyclic N) is 1. The molecule has 118 valence electrons. The van der Waals surface area contributed by atoms with Gasteiger partial charge in [0.25, 0.3) is 0 Å². The Morgan fingerprint density at radius 1 is 1.19 bits per heavy atom. The predicted octanol–water partition coefficient (Wildman–Crippen LogP) is 1.99. The molecule has 0 amide bonds. The summed E-state index contributed by atoms with van der Waals surface area (Å²) in [4.78, 5) is 2.02. The number of nitrogens with one attached hydrogen (secondary N) is 1. The zero-order valence-electron chi connectivity index (χ0n) is 11.8. The number of likely N-dealkylation sites (tertiary alicyclic amines) is 1. The summed E-state index contributed by atoms with van der Waals surface area (Å²) < 4.78 is 37.1. The summed E-state index contributed by atoms with van der Waals surface area (Å²) in [5.74, 6) is 0.192. The molecule has 0 aliphatic carbocycles. The fourth-order valence-electron chi connectivity index (χ4n) is 2.89. The summed E-state index contributed by atoms with van der Waals surface area (Å²) in [6, 6.07) is 9.62. The maximum atomic E-state index is 12.4. The molecule has 0 saturated carbocycles. The largest absolute Gasteiger partial charge is 0.401 e. The number of halogens is 3. The van der Waals surface area contributed by atoms with E-state index < -0.39 is 12.7 Å². The van der Waals surface area contributed by atoms with Crippen LogP contribution in [-0.2, 0) is 0 Å². The molecule has 0 aromatic heterocycles. The maximum Gasteiger partial charge on any atom is 0.401 e. The third kappa shape index (κ3) is 5.30. The third-order valence-electron chi connectivity index (χ3n) is 3.80. The van der Waals surface area contributed by atoms with Gasteiger partial charge >= 0.3 is 6.18 Å². The first-order valence-electron chi connectivity index (χ1n) is 7.16. The summed E-state index contributed by atoms with van der Waals surface area (Å²) in [5.41, 5.74) is 1.14. The number of alkyl halides is 3. The predicted molar refractivity (Wildman–Crippen MR) is 75.2 cm³/mol. The third-order valence-corrected chi connectivity index (χ3v) is 3.80. The molecule has 2 unspecified atom stereocenters. The lowest BCUT2D eigenvalue weighted by atomic mass is 9.88. The van der Waals surface area contributed by atoms with E-state index in [-0.39, 0.29) is 18.6 Å². The molecule has 0 bridgehead atoms. The topological polar surface area (TPSA) is 35.5 Å². The molecule has 6 heteroatoms. The van der Waals surface area contributed by atoms with Gasteiger partial charge in [-0.25, -0.2) is 0 Å². The van der Waals surface area contributed by atoms with Crippen molar-refractivity contribution in [1.29, 1.82) is 0 Å². The standard InChI is InChI=1S/C15H21F3N2O/c16-15(17,18)11-19-14-8-13(9-20(10-14)6-7-21)12-4-2-1-3-5-12/h1-5,13-14,19,21H,6-11H2. The van der Waals surface area contributed by atoms with E-state index in [0.29, 0.717) is 19.5 Å². The quantitative estimate of drug-likeness (QED) is 0.873. The molecule has 0 radical (unpaired) electrons. The van der Waals surface area contributed by atoms with E-state index in [0.717, 1.165) is 12.1 Å². The van der Waals surface area contributed by atoms with Gasteiger partial charge in [-0.15, -0.1) is 0 Å². The van der Waals surface area contributed by atoms with Gasteiger partial charge in [-0.1, -0.05) is 30.3 Å². The van der Waals surface area contributed by atoms with Crippen LogP contribution in [0.2, 0.25) is 0 Å². The van der Waals surface area contributed by atoms with Crippen molar-refractivity contribution in [1.82, 2.24) is 10.2 Å². The molecular weight excluding hydrogens is 281 g/mol. The molecule has 21 heavy (non-hydrogen) atoms. The second-order valence-electron chi connectivity index (χ2n) is 5.52. The van der Waals surface area contributed by atoms with E-state index >= 15 is 0 Å². The van der Waals surface area contributed by atoms with Gasteiger partial charge in [0.05, 0.1) is 13.2 Å². The fraction of sp³-hybridized carbons (Fsp3) is 0.600. The normalized spacial score (nSPS) is 24.2. The minimum atomic E-state index is -4.19. The molecule has 1 saturated heterocycles. The van der Waals surface area contributed by atoms with E-state index in [2.05, 4.69) is 5.32 Å². The Morgan fingerprint density at radius 3 is 2.52 bits per heavy atom. The zero-order chi connectivity index (χ0) is 15.3. The highest BCUT2D eigenvalue weighted by atomic mass is 19.4. The highest BCUT2D eigenvalue weighted by molar-refractivity contribution is 5.21. The molecule has 2 atom stereocenters. The lowest BCUT2D eigenvalue weighted by molar-refractivity contribution is -0.127. The van der Waals surface area contributed by atoms with Crippen molar-refractivity contribution < 1.29 is 18.3 Å². The van der Waals surface area contributed by atoms with Crippen molar-refractivity contribution in [3.05, 3.63) is 35.9 Å². The summed E-state index contributed by atoms with van der Waals surface area (Å²) in [6.07, 6.45) is -3.51. The maximum absolute atomic E-state index is 12.4. The summed E-state index contributed by atoms with van der Waals surface area (Å²) >= 11 is 0. The first-order valence-corrected chi connectivity index (χ1v) is 7.16. The first kappa shape index (κ1) is 16.3. The van der Waals surface area contributed by atoms with Crippen LogP contribution < -0.4 is 5.32 Å². The molecular formula is C15H21F3N2O. The minimum Gasteiger partial charge on any atom is -0.395 e. The van der Waals surface area contributed by atoms with Gasteiger partial charge in [0.1, 0.15) is 0 Å². The Labute approximate surface area is 122 Å². The van der Waals surface area contributed by atoms with Crippen LogP contribution in [0.1, 0.15) is 17.9 Å². The van der Waals surface area contributed by atoms with E-state index in [1.807, 2.05) is 35.2 Å². The SMILES string of the molecule is OCCN1CC(NCC(F)(F)F)CC(c2ccccc2)C1. The number of aliphatic hydroxyl groups excluding tert-OH is 1. The molecule has 1 aromatic carbocycles. The van der Waals surface area contributed by atoms with E-state index in [1.165, 1.54) is 0 Å². The van der Waals surface area contributed by atoms with Crippen LogP contribution in [0.4, 0.5) is 13.2 Å². The number of hydrogen-bond donors (Lipinski definition) is 2. The number of benzene rings is 1. The number of piperidine rings is 1. The van der Waals surface area contributed by atoms with Crippen LogP contribution in [0.5, 0.6) is 0 Å². The molecule has 1 heterocycles. The van der Waals surface area contributed by atoms with Crippen molar-refractivity contribution in [3.63, 3.8) is 0 Å². The van der Waals surface area contributed by atoms with Gasteiger partial charge in [0.15, 0.2) is 0 Å².